The minimum atomic E-state index is -3.84. The van der Waals surface area contributed by atoms with Gasteiger partial charge in [-0.15, -0.1) is 0 Å². The number of rotatable bonds is 13. The average Bonchev–Trinajstić information content (AvgIpc) is 2.91. The van der Waals surface area contributed by atoms with Crippen LogP contribution in [0.4, 0.5) is 5.69 Å². The fourth-order valence-electron chi connectivity index (χ4n) is 4.12. The minimum absolute atomic E-state index is 0.0202. The molecule has 214 valence electrons. The molecule has 1 N–H and O–H groups in total. The first-order chi connectivity index (χ1) is 19.0. The van der Waals surface area contributed by atoms with Crippen LogP contribution in [0.2, 0.25) is 10.0 Å². The van der Waals surface area contributed by atoms with E-state index in [0.29, 0.717) is 27.8 Å². The first-order valence-electron chi connectivity index (χ1n) is 12.8. The van der Waals surface area contributed by atoms with E-state index in [1.807, 2.05) is 37.3 Å². The molecule has 1 atom stereocenters. The van der Waals surface area contributed by atoms with Gasteiger partial charge in [0.25, 0.3) is 0 Å². The number of carbonyl (C=O) groups is 2. The van der Waals surface area contributed by atoms with Gasteiger partial charge in [0, 0.05) is 24.0 Å². The van der Waals surface area contributed by atoms with Crippen molar-refractivity contribution in [2.75, 3.05) is 23.7 Å². The van der Waals surface area contributed by atoms with E-state index in [-0.39, 0.29) is 18.9 Å². The third-order valence-electron chi connectivity index (χ3n) is 6.23. The van der Waals surface area contributed by atoms with Gasteiger partial charge in [0.05, 0.1) is 22.0 Å². The molecule has 0 aliphatic rings. The van der Waals surface area contributed by atoms with E-state index in [1.165, 1.54) is 4.90 Å². The van der Waals surface area contributed by atoms with Crippen LogP contribution in [-0.2, 0) is 32.6 Å². The van der Waals surface area contributed by atoms with Crippen molar-refractivity contribution in [3.05, 3.63) is 98.4 Å². The van der Waals surface area contributed by atoms with Crippen molar-refractivity contribution in [2.24, 2.45) is 0 Å². The van der Waals surface area contributed by atoms with Crippen molar-refractivity contribution >= 4 is 66.7 Å². The van der Waals surface area contributed by atoms with Crippen LogP contribution in [0.25, 0.3) is 0 Å². The van der Waals surface area contributed by atoms with Crippen LogP contribution >= 0.6 is 39.1 Å². The number of benzene rings is 3. The van der Waals surface area contributed by atoms with Gasteiger partial charge < -0.3 is 10.2 Å². The lowest BCUT2D eigenvalue weighted by Gasteiger charge is -2.33. The Labute approximate surface area is 254 Å². The van der Waals surface area contributed by atoms with Gasteiger partial charge in [-0.2, -0.15) is 0 Å². The fourth-order valence-corrected chi connectivity index (χ4v) is 5.55. The molecular formula is C29H32BrCl2N3O4S. The number of hydrogen-bond donors (Lipinski definition) is 1. The van der Waals surface area contributed by atoms with E-state index in [9.17, 15) is 18.0 Å². The molecule has 11 heteroatoms. The van der Waals surface area contributed by atoms with Crippen LogP contribution in [0.15, 0.2) is 77.3 Å². The fraction of sp³-hybridized carbons (Fsp3) is 0.310. The highest BCUT2D eigenvalue weighted by Crippen LogP contribution is 2.25. The van der Waals surface area contributed by atoms with Crippen LogP contribution < -0.4 is 9.62 Å². The van der Waals surface area contributed by atoms with Crippen molar-refractivity contribution in [2.45, 2.75) is 38.8 Å². The summed E-state index contributed by atoms with van der Waals surface area (Å²) in [6.45, 7) is 2.01. The van der Waals surface area contributed by atoms with Crippen molar-refractivity contribution in [1.82, 2.24) is 10.2 Å². The van der Waals surface area contributed by atoms with E-state index >= 15 is 0 Å². The number of anilines is 1. The Morgan fingerprint density at radius 3 is 2.23 bits per heavy atom. The van der Waals surface area contributed by atoms with Gasteiger partial charge in [0.15, 0.2) is 0 Å². The molecule has 3 aromatic carbocycles. The SMILES string of the molecule is CCCCNC(=O)[C@H](Cc1ccccc1)N(Cc1ccc(Cl)c(Cl)c1)C(=O)CN(c1ccc(Br)cc1)S(C)(=O)=O. The predicted octanol–water partition coefficient (Wildman–Crippen LogP) is 6.08. The molecule has 40 heavy (non-hydrogen) atoms. The Morgan fingerprint density at radius 1 is 0.950 bits per heavy atom. The molecular weight excluding hydrogens is 637 g/mol. The molecule has 3 rings (SSSR count). The second-order valence-electron chi connectivity index (χ2n) is 9.37. The molecule has 0 radical (unpaired) electrons. The van der Waals surface area contributed by atoms with Gasteiger partial charge in [-0.05, 0) is 53.9 Å². The summed E-state index contributed by atoms with van der Waals surface area (Å²) in [6.07, 6.45) is 2.97. The molecule has 0 saturated heterocycles. The maximum atomic E-state index is 14.0. The van der Waals surface area contributed by atoms with Gasteiger partial charge in [-0.3, -0.25) is 13.9 Å². The summed E-state index contributed by atoms with van der Waals surface area (Å²) in [5.74, 6) is -0.855. The van der Waals surface area contributed by atoms with Gasteiger partial charge in [0.1, 0.15) is 12.6 Å². The maximum Gasteiger partial charge on any atom is 0.244 e. The van der Waals surface area contributed by atoms with E-state index < -0.39 is 28.5 Å². The van der Waals surface area contributed by atoms with Gasteiger partial charge in [-0.1, -0.05) is 88.9 Å². The summed E-state index contributed by atoms with van der Waals surface area (Å²) in [6, 6.07) is 20.1. The zero-order chi connectivity index (χ0) is 29.3. The molecule has 3 aromatic rings. The molecule has 0 aromatic heterocycles. The topological polar surface area (TPSA) is 86.8 Å². The molecule has 0 saturated carbocycles. The van der Waals surface area contributed by atoms with Gasteiger partial charge in [0.2, 0.25) is 21.8 Å². The summed E-state index contributed by atoms with van der Waals surface area (Å²) in [7, 11) is -3.84. The Morgan fingerprint density at radius 2 is 1.62 bits per heavy atom. The Bertz CT molecular complexity index is 1410. The summed E-state index contributed by atoms with van der Waals surface area (Å²) in [5.41, 5.74) is 1.84. The monoisotopic (exact) mass is 667 g/mol. The predicted molar refractivity (Wildman–Crippen MR) is 165 cm³/mol. The second-order valence-corrected chi connectivity index (χ2v) is 13.0. The van der Waals surface area contributed by atoms with Crippen molar-refractivity contribution in [3.8, 4) is 0 Å². The molecule has 7 nitrogen and oxygen atoms in total. The first-order valence-corrected chi connectivity index (χ1v) is 16.2. The third kappa shape index (κ3) is 9.23. The zero-order valence-corrected chi connectivity index (χ0v) is 26.2. The third-order valence-corrected chi connectivity index (χ3v) is 8.64. The zero-order valence-electron chi connectivity index (χ0n) is 22.3. The number of carbonyl (C=O) groups excluding carboxylic acids is 2. The van der Waals surface area contributed by atoms with Crippen LogP contribution in [0.3, 0.4) is 0 Å². The number of nitrogens with zero attached hydrogens (tertiary/aromatic N) is 2. The number of nitrogens with one attached hydrogen (secondary N) is 1. The molecule has 0 aliphatic carbocycles. The van der Waals surface area contributed by atoms with Crippen molar-refractivity contribution in [3.63, 3.8) is 0 Å². The maximum absolute atomic E-state index is 14.0. The minimum Gasteiger partial charge on any atom is -0.354 e. The van der Waals surface area contributed by atoms with E-state index in [1.54, 1.807) is 42.5 Å². The normalized spacial score (nSPS) is 12.0. The Hall–Kier alpha value is -2.59. The largest absolute Gasteiger partial charge is 0.354 e. The van der Waals surface area contributed by atoms with Crippen LogP contribution in [0.1, 0.15) is 30.9 Å². The molecule has 2 amide bonds. The lowest BCUT2D eigenvalue weighted by atomic mass is 10.0. The average molecular weight is 669 g/mol. The number of halogens is 3. The lowest BCUT2D eigenvalue weighted by molar-refractivity contribution is -0.140. The Balaban J connectivity index is 2.04. The molecule has 0 heterocycles. The highest BCUT2D eigenvalue weighted by molar-refractivity contribution is 9.10. The summed E-state index contributed by atoms with van der Waals surface area (Å²) >= 11 is 15.7. The molecule has 0 spiro atoms. The van der Waals surface area contributed by atoms with Gasteiger partial charge in [-0.25, -0.2) is 8.42 Å². The first kappa shape index (κ1) is 31.9. The number of sulfonamides is 1. The van der Waals surface area contributed by atoms with Crippen molar-refractivity contribution in [1.29, 1.82) is 0 Å². The Kier molecular flexibility index (Phi) is 11.9. The summed E-state index contributed by atoms with van der Waals surface area (Å²) < 4.78 is 27.4. The summed E-state index contributed by atoms with van der Waals surface area (Å²) in [5, 5.41) is 3.62. The van der Waals surface area contributed by atoms with Crippen molar-refractivity contribution < 1.29 is 18.0 Å². The molecule has 0 unspecified atom stereocenters. The molecule has 0 fully saturated rings. The highest BCUT2D eigenvalue weighted by Gasteiger charge is 2.33. The van der Waals surface area contributed by atoms with E-state index in [2.05, 4.69) is 21.2 Å². The van der Waals surface area contributed by atoms with E-state index in [4.69, 9.17) is 23.2 Å². The summed E-state index contributed by atoms with van der Waals surface area (Å²) in [4.78, 5) is 29.0. The lowest BCUT2D eigenvalue weighted by Crippen LogP contribution is -2.53. The number of unbranched alkanes of at least 4 members (excludes halogenated alkanes) is 1. The second kappa shape index (κ2) is 14.9. The number of hydrogen-bond acceptors (Lipinski definition) is 4. The molecule has 0 bridgehead atoms. The van der Waals surface area contributed by atoms with Crippen LogP contribution in [0, 0.1) is 0 Å². The standard InChI is InChI=1S/C29H32BrCl2N3O4S/c1-3-4-16-33-29(37)27(18-21-8-6-5-7-9-21)34(19-22-10-15-25(31)26(32)17-22)28(36)20-35(40(2,38)39)24-13-11-23(30)12-14-24/h5-15,17,27H,3-4,16,18-20H2,1-2H3,(H,33,37)/t27-/m0/s1. The van der Waals surface area contributed by atoms with E-state index in [0.717, 1.165) is 33.4 Å². The van der Waals surface area contributed by atoms with Gasteiger partial charge >= 0.3 is 0 Å². The van der Waals surface area contributed by atoms with Crippen LogP contribution in [0.5, 0.6) is 0 Å². The number of amides is 2. The highest BCUT2D eigenvalue weighted by atomic mass is 79.9. The smallest absolute Gasteiger partial charge is 0.244 e. The molecule has 0 aliphatic heterocycles. The van der Waals surface area contributed by atoms with Crippen LogP contribution in [-0.4, -0.2) is 50.5 Å². The quantitative estimate of drug-likeness (QED) is 0.224.